The number of aryl methyl sites for hydroxylation is 1. The van der Waals surface area contributed by atoms with Gasteiger partial charge in [-0.15, -0.1) is 0 Å². The number of pyridine rings is 1. The van der Waals surface area contributed by atoms with Gasteiger partial charge in [0.1, 0.15) is 0 Å². The van der Waals surface area contributed by atoms with Crippen LogP contribution in [0.3, 0.4) is 0 Å². The van der Waals surface area contributed by atoms with Crippen LogP contribution in [0.15, 0.2) is 47.4 Å². The van der Waals surface area contributed by atoms with E-state index in [9.17, 15) is 9.59 Å². The summed E-state index contributed by atoms with van der Waals surface area (Å²) in [6.45, 7) is 3.84. The molecule has 1 N–H and O–H groups in total. The summed E-state index contributed by atoms with van der Waals surface area (Å²) in [5, 5.41) is 0. The topological polar surface area (TPSA) is 74.2 Å². The molecule has 26 heavy (non-hydrogen) atoms. The average Bonchev–Trinajstić information content (AvgIpc) is 2.96. The number of H-pyrrole nitrogens is 1. The number of aromatic nitrogens is 3. The van der Waals surface area contributed by atoms with Gasteiger partial charge in [0.25, 0.3) is 5.91 Å². The number of carbonyl (C=O) groups excluding carboxylic acids is 1. The maximum atomic E-state index is 12.8. The van der Waals surface area contributed by atoms with E-state index in [1.54, 1.807) is 29.9 Å². The van der Waals surface area contributed by atoms with E-state index in [2.05, 4.69) is 14.9 Å². The molecule has 1 fully saturated rings. The number of nitrogens with zero attached hydrogens (tertiary/aromatic N) is 4. The van der Waals surface area contributed by atoms with E-state index >= 15 is 0 Å². The Morgan fingerprint density at radius 1 is 1.15 bits per heavy atom. The van der Waals surface area contributed by atoms with Gasteiger partial charge in [-0.3, -0.25) is 19.2 Å². The normalized spacial score (nSPS) is 15.5. The number of rotatable bonds is 3. The largest absolute Gasteiger partial charge is 0.336 e. The lowest BCUT2D eigenvalue weighted by atomic mass is 10.1. The summed E-state index contributed by atoms with van der Waals surface area (Å²) < 4.78 is 1.54. The van der Waals surface area contributed by atoms with Crippen molar-refractivity contribution < 1.29 is 4.79 Å². The lowest BCUT2D eigenvalue weighted by Crippen LogP contribution is -2.48. The van der Waals surface area contributed by atoms with Crippen LogP contribution < -0.4 is 5.69 Å². The van der Waals surface area contributed by atoms with Crippen molar-refractivity contribution in [2.45, 2.75) is 6.54 Å². The third-order valence-electron chi connectivity index (χ3n) is 4.92. The van der Waals surface area contributed by atoms with E-state index in [1.165, 1.54) is 0 Å². The maximum absolute atomic E-state index is 12.8. The Morgan fingerprint density at radius 3 is 2.69 bits per heavy atom. The fraction of sp³-hybridized carbons (Fsp3) is 0.316. The first-order valence-corrected chi connectivity index (χ1v) is 8.72. The van der Waals surface area contributed by atoms with Crippen LogP contribution in [-0.2, 0) is 13.6 Å². The number of nitrogens with one attached hydrogen (secondary N) is 1. The molecule has 0 unspecified atom stereocenters. The number of aromatic amines is 1. The Kier molecular flexibility index (Phi) is 4.30. The molecule has 1 saturated heterocycles. The van der Waals surface area contributed by atoms with E-state index in [-0.39, 0.29) is 11.6 Å². The van der Waals surface area contributed by atoms with Gasteiger partial charge in [-0.25, -0.2) is 4.79 Å². The number of hydrogen-bond donors (Lipinski definition) is 1. The number of carbonyl (C=O) groups is 1. The zero-order valence-corrected chi connectivity index (χ0v) is 14.7. The van der Waals surface area contributed by atoms with Crippen molar-refractivity contribution in [3.8, 4) is 0 Å². The molecule has 1 aliphatic heterocycles. The Labute approximate surface area is 150 Å². The molecule has 0 aliphatic carbocycles. The zero-order valence-electron chi connectivity index (χ0n) is 14.7. The predicted molar refractivity (Wildman–Crippen MR) is 99.0 cm³/mol. The van der Waals surface area contributed by atoms with Gasteiger partial charge in [0.15, 0.2) is 0 Å². The summed E-state index contributed by atoms with van der Waals surface area (Å²) in [5.74, 6) is 0.00841. The van der Waals surface area contributed by atoms with Gasteiger partial charge in [-0.05, 0) is 30.3 Å². The molecule has 134 valence electrons. The highest BCUT2D eigenvalue weighted by Crippen LogP contribution is 2.15. The standard InChI is InChI=1S/C19H21N5O2/c1-22-17-6-5-14(12-16(17)21-19(22)26)18(25)24-10-8-23(9-11-24)13-15-4-2-3-7-20-15/h2-7,12H,8-11,13H2,1H3,(H,21,26). The van der Waals surface area contributed by atoms with Gasteiger partial charge in [-0.1, -0.05) is 6.07 Å². The van der Waals surface area contributed by atoms with Gasteiger partial charge >= 0.3 is 5.69 Å². The van der Waals surface area contributed by atoms with Gasteiger partial charge in [0, 0.05) is 51.5 Å². The van der Waals surface area contributed by atoms with Crippen molar-refractivity contribution in [1.29, 1.82) is 0 Å². The summed E-state index contributed by atoms with van der Waals surface area (Å²) in [5.41, 5.74) is 2.97. The number of hydrogen-bond acceptors (Lipinski definition) is 4. The number of benzene rings is 1. The third-order valence-corrected chi connectivity index (χ3v) is 4.92. The molecule has 3 heterocycles. The van der Waals surface area contributed by atoms with Crippen LogP contribution in [0.5, 0.6) is 0 Å². The van der Waals surface area contributed by atoms with Crippen LogP contribution in [-0.4, -0.2) is 56.4 Å². The van der Waals surface area contributed by atoms with Crippen molar-refractivity contribution in [2.75, 3.05) is 26.2 Å². The third kappa shape index (κ3) is 3.13. The summed E-state index contributed by atoms with van der Waals surface area (Å²) >= 11 is 0. The second-order valence-electron chi connectivity index (χ2n) is 6.61. The fourth-order valence-electron chi connectivity index (χ4n) is 3.38. The number of fused-ring (bicyclic) bond motifs is 1. The van der Waals surface area contributed by atoms with Crippen LogP contribution in [0.25, 0.3) is 11.0 Å². The Morgan fingerprint density at radius 2 is 1.96 bits per heavy atom. The molecule has 0 radical (unpaired) electrons. The molecule has 3 aromatic rings. The molecule has 7 heteroatoms. The van der Waals surface area contributed by atoms with Gasteiger partial charge < -0.3 is 9.88 Å². The average molecular weight is 351 g/mol. The molecule has 0 atom stereocenters. The molecule has 4 rings (SSSR count). The first-order chi connectivity index (χ1) is 12.6. The summed E-state index contributed by atoms with van der Waals surface area (Å²) in [6.07, 6.45) is 1.80. The minimum absolute atomic E-state index is 0.00841. The molecule has 2 aromatic heterocycles. The van der Waals surface area contributed by atoms with Crippen molar-refractivity contribution >= 4 is 16.9 Å². The van der Waals surface area contributed by atoms with Crippen LogP contribution in [0.1, 0.15) is 16.1 Å². The molecule has 0 spiro atoms. The number of imidazole rings is 1. The van der Waals surface area contributed by atoms with Crippen molar-refractivity contribution in [2.24, 2.45) is 7.05 Å². The lowest BCUT2D eigenvalue weighted by molar-refractivity contribution is 0.0627. The van der Waals surface area contributed by atoms with E-state index in [1.807, 2.05) is 29.2 Å². The molecular weight excluding hydrogens is 330 g/mol. The molecule has 1 aliphatic rings. The second-order valence-corrected chi connectivity index (χ2v) is 6.61. The van der Waals surface area contributed by atoms with Crippen LogP contribution in [0.4, 0.5) is 0 Å². The van der Waals surface area contributed by atoms with Crippen molar-refractivity contribution in [3.05, 3.63) is 64.3 Å². The second kappa shape index (κ2) is 6.76. The van der Waals surface area contributed by atoms with Crippen molar-refractivity contribution in [3.63, 3.8) is 0 Å². The molecule has 1 aromatic carbocycles. The minimum atomic E-state index is -0.173. The fourth-order valence-corrected chi connectivity index (χ4v) is 3.38. The highest BCUT2D eigenvalue weighted by atomic mass is 16.2. The zero-order chi connectivity index (χ0) is 18.1. The Balaban J connectivity index is 1.42. The number of amides is 1. The molecule has 1 amide bonds. The van der Waals surface area contributed by atoms with Gasteiger partial charge in [-0.2, -0.15) is 0 Å². The Hall–Kier alpha value is -2.93. The first kappa shape index (κ1) is 16.5. The van der Waals surface area contributed by atoms with Crippen LogP contribution in [0.2, 0.25) is 0 Å². The first-order valence-electron chi connectivity index (χ1n) is 8.72. The summed E-state index contributed by atoms with van der Waals surface area (Å²) in [6, 6.07) is 11.3. The summed E-state index contributed by atoms with van der Waals surface area (Å²) in [4.78, 5) is 35.8. The highest BCUT2D eigenvalue weighted by molar-refractivity contribution is 5.97. The van der Waals surface area contributed by atoms with E-state index < -0.39 is 0 Å². The lowest BCUT2D eigenvalue weighted by Gasteiger charge is -2.34. The van der Waals surface area contributed by atoms with Gasteiger partial charge in [0.05, 0.1) is 16.7 Å². The smallest absolute Gasteiger partial charge is 0.326 e. The van der Waals surface area contributed by atoms with E-state index in [0.29, 0.717) is 24.2 Å². The monoisotopic (exact) mass is 351 g/mol. The van der Waals surface area contributed by atoms with Gasteiger partial charge in [0.2, 0.25) is 0 Å². The van der Waals surface area contributed by atoms with E-state index in [4.69, 9.17) is 0 Å². The summed E-state index contributed by atoms with van der Waals surface area (Å²) in [7, 11) is 1.71. The Bertz CT molecular complexity index is 984. The molecule has 7 nitrogen and oxygen atoms in total. The minimum Gasteiger partial charge on any atom is -0.336 e. The van der Waals surface area contributed by atoms with E-state index in [0.717, 1.165) is 30.8 Å². The number of piperazine rings is 1. The maximum Gasteiger partial charge on any atom is 0.326 e. The molecule has 0 saturated carbocycles. The molecular formula is C19H21N5O2. The van der Waals surface area contributed by atoms with Crippen LogP contribution in [0, 0.1) is 0 Å². The highest BCUT2D eigenvalue weighted by Gasteiger charge is 2.22. The molecule has 0 bridgehead atoms. The SMILES string of the molecule is Cn1c(=O)[nH]c2cc(C(=O)N3CCN(Cc4ccccn4)CC3)ccc21. The quantitative estimate of drug-likeness (QED) is 0.770. The predicted octanol–water partition coefficient (Wildman–Crippen LogP) is 1.22. The van der Waals surface area contributed by atoms with Crippen LogP contribution >= 0.6 is 0 Å². The van der Waals surface area contributed by atoms with Crippen molar-refractivity contribution in [1.82, 2.24) is 24.3 Å².